The summed E-state index contributed by atoms with van der Waals surface area (Å²) in [5.74, 6) is -0.413. The molecular weight excluding hydrogens is 306 g/mol. The van der Waals surface area contributed by atoms with Gasteiger partial charge in [-0.3, -0.25) is 4.79 Å². The molecule has 0 radical (unpaired) electrons. The molecule has 3 rings (SSSR count). The molecule has 2 aromatic carbocycles. The van der Waals surface area contributed by atoms with Gasteiger partial charge in [-0.05, 0) is 18.2 Å². The highest BCUT2D eigenvalue weighted by atomic mass is 16.3. The van der Waals surface area contributed by atoms with E-state index >= 15 is 0 Å². The zero-order chi connectivity index (χ0) is 17.1. The first kappa shape index (κ1) is 15.5. The van der Waals surface area contributed by atoms with Crippen molar-refractivity contribution in [3.05, 3.63) is 66.2 Å². The van der Waals surface area contributed by atoms with Crippen molar-refractivity contribution in [2.75, 3.05) is 11.4 Å². The Morgan fingerprint density at radius 3 is 2.71 bits per heavy atom. The average Bonchev–Trinajstić information content (AvgIpc) is 2.83. The fourth-order valence-electron chi connectivity index (χ4n) is 2.46. The second-order valence-corrected chi connectivity index (χ2v) is 5.16. The number of carbonyl (C=O) groups excluding carboxylic acids is 1. The number of carbonyl (C=O) groups is 1. The van der Waals surface area contributed by atoms with E-state index in [4.69, 9.17) is 0 Å². The highest BCUT2D eigenvalue weighted by molar-refractivity contribution is 6.54. The van der Waals surface area contributed by atoms with Gasteiger partial charge in [0.05, 0.1) is 11.9 Å². The molecule has 2 N–H and O–H groups in total. The number of hydrogen-bond donors (Lipinski definition) is 2. The van der Waals surface area contributed by atoms with Crippen molar-refractivity contribution in [1.29, 1.82) is 0 Å². The number of nitrogens with zero attached hydrogens (tertiary/aromatic N) is 3. The van der Waals surface area contributed by atoms with Crippen LogP contribution in [0, 0.1) is 0 Å². The molecule has 0 unspecified atom stereocenters. The largest absolute Gasteiger partial charge is 0.508 e. The predicted molar refractivity (Wildman–Crippen MR) is 92.9 cm³/mol. The Bertz CT molecular complexity index is 872. The number of phenols is 2. The lowest BCUT2D eigenvalue weighted by molar-refractivity contribution is -0.112. The Morgan fingerprint density at radius 1 is 1.17 bits per heavy atom. The van der Waals surface area contributed by atoms with Crippen LogP contribution in [-0.4, -0.2) is 34.6 Å². The van der Waals surface area contributed by atoms with E-state index in [0.717, 1.165) is 5.69 Å². The standard InChI is InChI=1S/C18H15N3O3/c1-2-9-21-15-6-4-3-5-14(15)17(18(21)24)20-19-11-12-7-8-13(22)10-16(12)23/h2-8,10-11,22-23H,1,9H2/b19-11+,20-17-. The van der Waals surface area contributed by atoms with Crippen LogP contribution < -0.4 is 4.90 Å². The summed E-state index contributed by atoms with van der Waals surface area (Å²) >= 11 is 0. The first-order chi connectivity index (χ1) is 11.6. The Morgan fingerprint density at radius 2 is 1.96 bits per heavy atom. The predicted octanol–water partition coefficient (Wildman–Crippen LogP) is 2.45. The molecule has 1 aliphatic heterocycles. The van der Waals surface area contributed by atoms with Crippen LogP contribution in [0.4, 0.5) is 5.69 Å². The summed E-state index contributed by atoms with van der Waals surface area (Å²) in [7, 11) is 0. The molecule has 0 fully saturated rings. The van der Waals surface area contributed by atoms with Crippen molar-refractivity contribution in [2.24, 2.45) is 10.2 Å². The molecule has 0 aromatic heterocycles. The minimum atomic E-state index is -0.247. The van der Waals surface area contributed by atoms with Crippen molar-refractivity contribution >= 4 is 23.5 Å². The normalized spacial score (nSPS) is 15.2. The number of phenolic OH excluding ortho intramolecular Hbond substituents is 2. The summed E-state index contributed by atoms with van der Waals surface area (Å²) in [6.45, 7) is 4.05. The summed E-state index contributed by atoms with van der Waals surface area (Å²) in [4.78, 5) is 14.1. The SMILES string of the molecule is C=CCN1C(=O)/C(=N\N=C\c2ccc(O)cc2O)c2ccccc21. The summed E-state index contributed by atoms with van der Waals surface area (Å²) in [6, 6.07) is 11.5. The topological polar surface area (TPSA) is 85.5 Å². The molecule has 120 valence electrons. The van der Waals surface area contributed by atoms with Crippen molar-refractivity contribution < 1.29 is 15.0 Å². The maximum absolute atomic E-state index is 12.5. The number of fused-ring (bicyclic) bond motifs is 1. The molecule has 1 aliphatic rings. The molecule has 6 heteroatoms. The molecular formula is C18H15N3O3. The smallest absolute Gasteiger partial charge is 0.279 e. The van der Waals surface area contributed by atoms with Gasteiger partial charge in [-0.1, -0.05) is 24.3 Å². The minimum Gasteiger partial charge on any atom is -0.508 e. The second-order valence-electron chi connectivity index (χ2n) is 5.16. The van der Waals surface area contributed by atoms with Crippen LogP contribution in [0.3, 0.4) is 0 Å². The Kier molecular flexibility index (Phi) is 4.11. The average molecular weight is 321 g/mol. The van der Waals surface area contributed by atoms with Crippen LogP contribution in [0.15, 0.2) is 65.3 Å². The Labute approximate surface area is 138 Å². The van der Waals surface area contributed by atoms with E-state index in [1.807, 2.05) is 24.3 Å². The van der Waals surface area contributed by atoms with E-state index in [2.05, 4.69) is 16.8 Å². The zero-order valence-corrected chi connectivity index (χ0v) is 12.8. The zero-order valence-electron chi connectivity index (χ0n) is 12.8. The van der Waals surface area contributed by atoms with E-state index in [-0.39, 0.29) is 23.1 Å². The van der Waals surface area contributed by atoms with Crippen molar-refractivity contribution in [1.82, 2.24) is 0 Å². The van der Waals surface area contributed by atoms with Gasteiger partial charge in [0.15, 0.2) is 5.71 Å². The van der Waals surface area contributed by atoms with Gasteiger partial charge in [0.25, 0.3) is 5.91 Å². The van der Waals surface area contributed by atoms with Crippen LogP contribution in [0.2, 0.25) is 0 Å². The molecule has 0 atom stereocenters. The van der Waals surface area contributed by atoms with E-state index in [9.17, 15) is 15.0 Å². The van der Waals surface area contributed by atoms with Crippen molar-refractivity contribution in [2.45, 2.75) is 0 Å². The fraction of sp³-hybridized carbons (Fsp3) is 0.0556. The first-order valence-electron chi connectivity index (χ1n) is 7.27. The quantitative estimate of drug-likeness (QED) is 0.515. The van der Waals surface area contributed by atoms with Gasteiger partial charge in [-0.25, -0.2) is 0 Å². The Hall–Kier alpha value is -3.41. The van der Waals surface area contributed by atoms with Gasteiger partial charge in [0.1, 0.15) is 11.5 Å². The first-order valence-corrected chi connectivity index (χ1v) is 7.27. The third kappa shape index (κ3) is 2.77. The summed E-state index contributed by atoms with van der Waals surface area (Å²) in [5, 5.41) is 26.9. The maximum atomic E-state index is 12.5. The van der Waals surface area contributed by atoms with Crippen LogP contribution in [-0.2, 0) is 4.79 Å². The van der Waals surface area contributed by atoms with Gasteiger partial charge < -0.3 is 15.1 Å². The minimum absolute atomic E-state index is 0.0454. The van der Waals surface area contributed by atoms with E-state index in [1.165, 1.54) is 24.4 Å². The molecule has 24 heavy (non-hydrogen) atoms. The van der Waals surface area contributed by atoms with Gasteiger partial charge >= 0.3 is 0 Å². The molecule has 0 saturated carbocycles. The third-order valence-electron chi connectivity index (χ3n) is 3.58. The highest BCUT2D eigenvalue weighted by Crippen LogP contribution is 2.29. The number of benzene rings is 2. The van der Waals surface area contributed by atoms with E-state index in [1.54, 1.807) is 11.0 Å². The van der Waals surface area contributed by atoms with E-state index < -0.39 is 0 Å². The lowest BCUT2D eigenvalue weighted by Gasteiger charge is -2.13. The van der Waals surface area contributed by atoms with Gasteiger partial charge in [0, 0.05) is 23.7 Å². The van der Waals surface area contributed by atoms with Crippen LogP contribution in [0.5, 0.6) is 11.5 Å². The lowest BCUT2D eigenvalue weighted by Crippen LogP contribution is -2.30. The van der Waals surface area contributed by atoms with Crippen molar-refractivity contribution in [3.63, 3.8) is 0 Å². The van der Waals surface area contributed by atoms with Gasteiger partial charge in [-0.15, -0.1) is 11.7 Å². The summed E-state index contributed by atoms with van der Waals surface area (Å²) in [5.41, 5.74) is 2.10. The number of para-hydroxylation sites is 1. The molecule has 0 saturated heterocycles. The number of hydrogen-bond acceptors (Lipinski definition) is 5. The Balaban J connectivity index is 1.93. The number of rotatable bonds is 4. The summed E-state index contributed by atoms with van der Waals surface area (Å²) < 4.78 is 0. The maximum Gasteiger partial charge on any atom is 0.279 e. The van der Waals surface area contributed by atoms with Crippen LogP contribution in [0.1, 0.15) is 11.1 Å². The number of anilines is 1. The molecule has 0 spiro atoms. The van der Waals surface area contributed by atoms with E-state index in [0.29, 0.717) is 17.7 Å². The lowest BCUT2D eigenvalue weighted by atomic mass is 10.1. The molecule has 0 bridgehead atoms. The molecule has 1 heterocycles. The van der Waals surface area contributed by atoms with Gasteiger partial charge in [0.2, 0.25) is 0 Å². The van der Waals surface area contributed by atoms with Crippen LogP contribution >= 0.6 is 0 Å². The summed E-state index contributed by atoms with van der Waals surface area (Å²) in [6.07, 6.45) is 2.98. The third-order valence-corrected chi connectivity index (χ3v) is 3.58. The van der Waals surface area contributed by atoms with Crippen LogP contribution in [0.25, 0.3) is 0 Å². The van der Waals surface area contributed by atoms with Crippen molar-refractivity contribution in [3.8, 4) is 11.5 Å². The second kappa shape index (κ2) is 6.37. The molecule has 2 aromatic rings. The monoisotopic (exact) mass is 321 g/mol. The molecule has 6 nitrogen and oxygen atoms in total. The van der Waals surface area contributed by atoms with Gasteiger partial charge in [-0.2, -0.15) is 5.10 Å². The molecule has 0 aliphatic carbocycles. The molecule has 1 amide bonds. The number of aromatic hydroxyl groups is 2. The highest BCUT2D eigenvalue weighted by Gasteiger charge is 2.32. The fourth-order valence-corrected chi connectivity index (χ4v) is 2.46. The number of amides is 1.